The van der Waals surface area contributed by atoms with Gasteiger partial charge in [0.1, 0.15) is 11.7 Å². The van der Waals surface area contributed by atoms with Gasteiger partial charge in [0, 0.05) is 12.1 Å². The maximum absolute atomic E-state index is 11.9. The summed E-state index contributed by atoms with van der Waals surface area (Å²) in [5.74, 6) is -1.58. The van der Waals surface area contributed by atoms with Crippen LogP contribution in [0.5, 0.6) is 0 Å². The largest absolute Gasteiger partial charge is 0.480 e. The number of carbonyl (C=O) groups is 2. The average molecular weight is 273 g/mol. The lowest BCUT2D eigenvalue weighted by atomic mass is 10.1. The van der Waals surface area contributed by atoms with Crippen LogP contribution in [0, 0.1) is 6.92 Å². The molecule has 20 heavy (non-hydrogen) atoms. The third kappa shape index (κ3) is 3.44. The van der Waals surface area contributed by atoms with Gasteiger partial charge in [-0.05, 0) is 18.6 Å². The van der Waals surface area contributed by atoms with E-state index in [1.54, 1.807) is 13.0 Å². The van der Waals surface area contributed by atoms with Crippen molar-refractivity contribution in [2.75, 3.05) is 0 Å². The fourth-order valence-corrected chi connectivity index (χ4v) is 1.82. The summed E-state index contributed by atoms with van der Waals surface area (Å²) in [6.45, 7) is 1.77. The van der Waals surface area contributed by atoms with Crippen molar-refractivity contribution in [1.29, 1.82) is 0 Å². The second kappa shape index (κ2) is 6.01. The second-order valence-corrected chi connectivity index (χ2v) is 4.49. The molecule has 1 aromatic heterocycles. The molecule has 1 amide bonds. The Morgan fingerprint density at radius 3 is 2.60 bits per heavy atom. The Hall–Kier alpha value is -2.63. The molecule has 0 aliphatic carbocycles. The molecule has 0 saturated carbocycles. The third-order valence-electron chi connectivity index (χ3n) is 2.82. The molecule has 0 aliphatic rings. The molecule has 1 atom stereocenters. The van der Waals surface area contributed by atoms with Gasteiger partial charge < -0.3 is 10.4 Å². The summed E-state index contributed by atoms with van der Waals surface area (Å²) >= 11 is 0. The molecule has 6 nitrogen and oxygen atoms in total. The first-order chi connectivity index (χ1) is 9.56. The van der Waals surface area contributed by atoms with Crippen molar-refractivity contribution < 1.29 is 14.7 Å². The molecule has 1 aromatic carbocycles. The Kier molecular flexibility index (Phi) is 4.14. The van der Waals surface area contributed by atoms with Crippen molar-refractivity contribution in [2.24, 2.45) is 0 Å². The van der Waals surface area contributed by atoms with Crippen molar-refractivity contribution in [3.63, 3.8) is 0 Å². The third-order valence-corrected chi connectivity index (χ3v) is 2.82. The van der Waals surface area contributed by atoms with Crippen LogP contribution in [0.15, 0.2) is 36.4 Å². The number of H-pyrrole nitrogens is 1. The zero-order valence-electron chi connectivity index (χ0n) is 11.0. The molecule has 2 rings (SSSR count). The molecule has 6 heteroatoms. The highest BCUT2D eigenvalue weighted by molar-refractivity contribution is 5.95. The molecule has 0 spiro atoms. The summed E-state index contributed by atoms with van der Waals surface area (Å²) in [5.41, 5.74) is 1.77. The van der Waals surface area contributed by atoms with E-state index in [0.717, 1.165) is 11.3 Å². The number of amides is 1. The summed E-state index contributed by atoms with van der Waals surface area (Å²) in [7, 11) is 0. The van der Waals surface area contributed by atoms with Crippen molar-refractivity contribution in [3.8, 4) is 0 Å². The van der Waals surface area contributed by atoms with Crippen LogP contribution < -0.4 is 5.32 Å². The van der Waals surface area contributed by atoms with Gasteiger partial charge in [-0.3, -0.25) is 9.89 Å². The quantitative estimate of drug-likeness (QED) is 0.761. The molecule has 3 N–H and O–H groups in total. The van der Waals surface area contributed by atoms with Crippen molar-refractivity contribution in [3.05, 3.63) is 53.3 Å². The van der Waals surface area contributed by atoms with Gasteiger partial charge in [-0.15, -0.1) is 0 Å². The van der Waals surface area contributed by atoms with Gasteiger partial charge in [0.2, 0.25) is 0 Å². The van der Waals surface area contributed by atoms with Crippen molar-refractivity contribution in [1.82, 2.24) is 15.5 Å². The topological polar surface area (TPSA) is 95.1 Å². The first-order valence-electron chi connectivity index (χ1n) is 6.16. The number of hydrogen-bond acceptors (Lipinski definition) is 3. The number of aryl methyl sites for hydroxylation is 1. The monoisotopic (exact) mass is 273 g/mol. The van der Waals surface area contributed by atoms with E-state index in [-0.39, 0.29) is 12.1 Å². The number of hydrogen-bond donors (Lipinski definition) is 3. The van der Waals surface area contributed by atoms with Crippen LogP contribution in [-0.4, -0.2) is 33.2 Å². The molecular weight excluding hydrogens is 258 g/mol. The lowest BCUT2D eigenvalue weighted by Gasteiger charge is -2.13. The van der Waals surface area contributed by atoms with Gasteiger partial charge in [-0.2, -0.15) is 5.10 Å². The number of nitrogens with zero attached hydrogens (tertiary/aromatic N) is 1. The van der Waals surface area contributed by atoms with E-state index < -0.39 is 17.9 Å². The van der Waals surface area contributed by atoms with E-state index in [4.69, 9.17) is 0 Å². The molecular formula is C14H15N3O3. The van der Waals surface area contributed by atoms with Crippen LogP contribution in [0.3, 0.4) is 0 Å². The van der Waals surface area contributed by atoms with Gasteiger partial charge >= 0.3 is 5.97 Å². The lowest BCUT2D eigenvalue weighted by Crippen LogP contribution is -2.42. The number of carboxylic acids is 1. The van der Waals surface area contributed by atoms with Gasteiger partial charge in [0.25, 0.3) is 5.91 Å². The van der Waals surface area contributed by atoms with Crippen LogP contribution in [0.25, 0.3) is 0 Å². The second-order valence-electron chi connectivity index (χ2n) is 4.49. The van der Waals surface area contributed by atoms with E-state index >= 15 is 0 Å². The number of carbonyl (C=O) groups excluding carboxylic acids is 1. The van der Waals surface area contributed by atoms with Crippen LogP contribution >= 0.6 is 0 Å². The Bertz CT molecular complexity index is 607. The number of benzene rings is 1. The number of aromatic nitrogens is 2. The summed E-state index contributed by atoms with van der Waals surface area (Å²) in [5, 5.41) is 18.1. The normalized spacial score (nSPS) is 11.8. The van der Waals surface area contributed by atoms with Gasteiger partial charge in [0.05, 0.1) is 0 Å². The summed E-state index contributed by atoms with van der Waals surface area (Å²) in [6, 6.07) is 9.73. The first kappa shape index (κ1) is 13.8. The smallest absolute Gasteiger partial charge is 0.326 e. The molecule has 0 fully saturated rings. The highest BCUT2D eigenvalue weighted by Gasteiger charge is 2.22. The van der Waals surface area contributed by atoms with Crippen molar-refractivity contribution in [2.45, 2.75) is 19.4 Å². The molecule has 0 unspecified atom stereocenters. The molecule has 0 radical (unpaired) electrons. The molecule has 0 saturated heterocycles. The molecule has 0 bridgehead atoms. The number of aromatic amines is 1. The van der Waals surface area contributed by atoms with Crippen LogP contribution in [0.1, 0.15) is 21.7 Å². The zero-order chi connectivity index (χ0) is 14.5. The molecule has 2 aromatic rings. The Labute approximate surface area is 115 Å². The predicted molar refractivity (Wildman–Crippen MR) is 72.4 cm³/mol. The SMILES string of the molecule is Cc1cc(C(=O)N[C@@H](Cc2ccccc2)C(=O)O)n[nH]1. The van der Waals surface area contributed by atoms with Gasteiger partial charge in [0.15, 0.2) is 0 Å². The van der Waals surface area contributed by atoms with Gasteiger partial charge in [-0.25, -0.2) is 4.79 Å². The summed E-state index contributed by atoms with van der Waals surface area (Å²) < 4.78 is 0. The standard InChI is InChI=1S/C14H15N3O3/c1-9-7-11(17-16-9)13(18)15-12(14(19)20)8-10-5-3-2-4-6-10/h2-7,12H,8H2,1H3,(H,15,18)(H,16,17)(H,19,20)/t12-/m0/s1. The van der Waals surface area contributed by atoms with E-state index in [9.17, 15) is 14.7 Å². The maximum Gasteiger partial charge on any atom is 0.326 e. The summed E-state index contributed by atoms with van der Waals surface area (Å²) in [4.78, 5) is 23.1. The molecule has 1 heterocycles. The Morgan fingerprint density at radius 2 is 2.05 bits per heavy atom. The fourth-order valence-electron chi connectivity index (χ4n) is 1.82. The van der Waals surface area contributed by atoms with Crippen molar-refractivity contribution >= 4 is 11.9 Å². The first-order valence-corrected chi connectivity index (χ1v) is 6.16. The number of aliphatic carboxylic acids is 1. The number of nitrogens with one attached hydrogen (secondary N) is 2. The highest BCUT2D eigenvalue weighted by Crippen LogP contribution is 2.05. The molecule has 104 valence electrons. The van der Waals surface area contributed by atoms with E-state index in [1.165, 1.54) is 0 Å². The van der Waals surface area contributed by atoms with E-state index in [1.807, 2.05) is 30.3 Å². The minimum atomic E-state index is -1.07. The van der Waals surface area contributed by atoms with Crippen LogP contribution in [0.4, 0.5) is 0 Å². The van der Waals surface area contributed by atoms with Crippen LogP contribution in [0.2, 0.25) is 0 Å². The Balaban J connectivity index is 2.06. The van der Waals surface area contributed by atoms with Gasteiger partial charge in [-0.1, -0.05) is 30.3 Å². The summed E-state index contributed by atoms with van der Waals surface area (Å²) in [6.07, 6.45) is 0.227. The highest BCUT2D eigenvalue weighted by atomic mass is 16.4. The minimum absolute atomic E-state index is 0.182. The minimum Gasteiger partial charge on any atom is -0.480 e. The molecule has 0 aliphatic heterocycles. The average Bonchev–Trinajstić information content (AvgIpc) is 2.86. The Morgan fingerprint density at radius 1 is 1.35 bits per heavy atom. The fraction of sp³-hybridized carbons (Fsp3) is 0.214. The predicted octanol–water partition coefficient (Wildman–Crippen LogP) is 1.14. The zero-order valence-corrected chi connectivity index (χ0v) is 11.0. The number of carboxylic acid groups (broad SMARTS) is 1. The lowest BCUT2D eigenvalue weighted by molar-refractivity contribution is -0.139. The number of rotatable bonds is 5. The van der Waals surface area contributed by atoms with E-state index in [2.05, 4.69) is 15.5 Å². The van der Waals surface area contributed by atoms with Crippen LogP contribution in [-0.2, 0) is 11.2 Å². The van der Waals surface area contributed by atoms with E-state index in [0.29, 0.717) is 0 Å². The maximum atomic E-state index is 11.9.